The number of benzene rings is 6. The van der Waals surface area contributed by atoms with Gasteiger partial charge in [-0.1, -0.05) is 91.0 Å². The van der Waals surface area contributed by atoms with Gasteiger partial charge in [-0.3, -0.25) is 0 Å². The van der Waals surface area contributed by atoms with Crippen LogP contribution in [0.15, 0.2) is 127 Å². The molecule has 0 amide bonds. The van der Waals surface area contributed by atoms with Crippen molar-refractivity contribution in [3.63, 3.8) is 0 Å². The smallest absolute Gasteiger partial charge is 0.333 e. The molecule has 6 aromatic carbocycles. The number of hydrogen-bond donors (Lipinski definition) is 0. The molecule has 0 aliphatic carbocycles. The fourth-order valence-corrected chi connectivity index (χ4v) is 8.68. The van der Waals surface area contributed by atoms with Gasteiger partial charge in [-0.25, -0.2) is 0 Å². The van der Waals surface area contributed by atoms with Crippen LogP contribution in [0.1, 0.15) is 0 Å². The number of nitrogens with zero attached hydrogens (tertiary/aromatic N) is 2. The van der Waals surface area contributed by atoms with E-state index in [9.17, 15) is 0 Å². The number of thiophene rings is 1. The lowest BCUT2D eigenvalue weighted by Gasteiger charge is -2.49. The lowest BCUT2D eigenvalue weighted by Crippen LogP contribution is -2.63. The molecule has 0 unspecified atom stereocenters. The van der Waals surface area contributed by atoms with Crippen LogP contribution < -0.4 is 20.6 Å². The van der Waals surface area contributed by atoms with Crippen molar-refractivity contribution in [1.82, 2.24) is 0 Å². The predicted octanol–water partition coefficient (Wildman–Crippen LogP) is 8.74. The maximum Gasteiger partial charge on any atom is 0.333 e. The van der Waals surface area contributed by atoms with Crippen LogP contribution in [0, 0.1) is 0 Å². The van der Waals surface area contributed by atoms with Gasteiger partial charge in [-0.2, -0.15) is 0 Å². The molecule has 3 aliphatic heterocycles. The van der Waals surface area contributed by atoms with E-state index in [1.807, 2.05) is 11.3 Å². The molecule has 0 radical (unpaired) electrons. The van der Waals surface area contributed by atoms with Crippen LogP contribution in [-0.2, 0) is 0 Å². The summed E-state index contributed by atoms with van der Waals surface area (Å²) in [5.41, 5.74) is 14.4. The van der Waals surface area contributed by atoms with Gasteiger partial charge in [-0.15, -0.1) is 11.3 Å². The quantitative estimate of drug-likeness (QED) is 0.198. The Morgan fingerprint density at radius 1 is 0.425 bits per heavy atom. The second kappa shape index (κ2) is 7.44. The van der Waals surface area contributed by atoms with Gasteiger partial charge in [0.2, 0.25) is 0 Å². The lowest BCUT2D eigenvalue weighted by atomic mass is 9.41. The van der Waals surface area contributed by atoms with E-state index in [0.29, 0.717) is 0 Å². The normalized spacial score (nSPS) is 13.8. The molecule has 0 atom stereocenters. The lowest BCUT2D eigenvalue weighted by molar-refractivity contribution is 1.27. The summed E-state index contributed by atoms with van der Waals surface area (Å²) in [6.45, 7) is 0.125. The fraction of sp³-hybridized carbons (Fsp3) is 0. The maximum atomic E-state index is 2.60. The van der Waals surface area contributed by atoms with Gasteiger partial charge in [0, 0.05) is 49.3 Å². The monoisotopic (exact) mass is 524 g/mol. The summed E-state index contributed by atoms with van der Waals surface area (Å²) in [7, 11) is 0. The zero-order valence-corrected chi connectivity index (χ0v) is 22.3. The molecule has 3 aliphatic rings. The van der Waals surface area contributed by atoms with Crippen molar-refractivity contribution in [1.29, 1.82) is 0 Å². The largest absolute Gasteiger partial charge is 0.376 e. The molecule has 7 aromatic rings. The van der Waals surface area contributed by atoms with Crippen molar-refractivity contribution >= 4 is 77.7 Å². The molecule has 0 bridgehead atoms. The minimum atomic E-state index is 0.125. The summed E-state index contributed by atoms with van der Waals surface area (Å²) in [5, 5.41) is 2.66. The Labute approximate surface area is 236 Å². The molecule has 0 spiro atoms. The predicted molar refractivity (Wildman–Crippen MR) is 172 cm³/mol. The molecule has 4 heterocycles. The van der Waals surface area contributed by atoms with Gasteiger partial charge in [0.05, 0.1) is 10.4 Å². The summed E-state index contributed by atoms with van der Waals surface area (Å²) >= 11 is 1.90. The van der Waals surface area contributed by atoms with E-state index in [1.54, 1.807) is 0 Å². The molecule has 0 saturated carbocycles. The zero-order chi connectivity index (χ0) is 25.9. The average molecular weight is 524 g/mol. The fourth-order valence-electron chi connectivity index (χ4n) is 7.47. The zero-order valence-electron chi connectivity index (χ0n) is 21.5. The second-order valence-corrected chi connectivity index (χ2v) is 11.9. The van der Waals surface area contributed by atoms with Crippen molar-refractivity contribution in [3.05, 3.63) is 127 Å². The number of para-hydroxylation sites is 2. The highest BCUT2D eigenvalue weighted by atomic mass is 32.1. The Morgan fingerprint density at radius 2 is 0.925 bits per heavy atom. The number of hydrogen-bond acceptors (Lipinski definition) is 3. The van der Waals surface area contributed by atoms with Crippen LogP contribution in [-0.4, -0.2) is 6.85 Å². The van der Waals surface area contributed by atoms with Crippen molar-refractivity contribution in [2.24, 2.45) is 0 Å². The molecule has 1 aromatic heterocycles. The third-order valence-electron chi connectivity index (χ3n) is 8.99. The summed E-state index contributed by atoms with van der Waals surface area (Å²) in [6.07, 6.45) is 0. The Bertz CT molecular complexity index is 2110. The van der Waals surface area contributed by atoms with Gasteiger partial charge >= 0.3 is 6.85 Å². The third-order valence-corrected chi connectivity index (χ3v) is 10.2. The minimum absolute atomic E-state index is 0.125. The summed E-state index contributed by atoms with van der Waals surface area (Å²) in [5.74, 6) is 0. The van der Waals surface area contributed by atoms with Crippen LogP contribution >= 0.6 is 11.3 Å². The average Bonchev–Trinajstić information content (AvgIpc) is 3.40. The first kappa shape index (κ1) is 21.1. The molecule has 0 saturated heterocycles. The summed E-state index contributed by atoms with van der Waals surface area (Å²) in [4.78, 5) is 5.14. The highest BCUT2D eigenvalue weighted by Gasteiger charge is 2.48. The number of anilines is 5. The maximum absolute atomic E-state index is 2.60. The van der Waals surface area contributed by atoms with Crippen LogP contribution in [0.25, 0.3) is 42.4 Å². The molecule has 184 valence electrons. The Morgan fingerprint density at radius 3 is 1.62 bits per heavy atom. The van der Waals surface area contributed by atoms with Crippen molar-refractivity contribution in [2.45, 2.75) is 0 Å². The van der Waals surface area contributed by atoms with Gasteiger partial charge in [0.15, 0.2) is 0 Å². The van der Waals surface area contributed by atoms with Crippen molar-refractivity contribution in [3.8, 4) is 22.3 Å². The second-order valence-electron chi connectivity index (χ2n) is 10.9. The van der Waals surface area contributed by atoms with E-state index in [4.69, 9.17) is 0 Å². The van der Waals surface area contributed by atoms with Gasteiger partial charge in [-0.05, 0) is 58.5 Å². The van der Waals surface area contributed by atoms with E-state index >= 15 is 0 Å². The molecule has 10 rings (SSSR count). The third kappa shape index (κ3) is 2.46. The Balaban J connectivity index is 1.38. The van der Waals surface area contributed by atoms with E-state index in [2.05, 4.69) is 137 Å². The molecular formula is C36H21BN2S. The summed E-state index contributed by atoms with van der Waals surface area (Å²) < 4.78 is 2.67. The first-order valence-electron chi connectivity index (χ1n) is 13.8. The van der Waals surface area contributed by atoms with Gasteiger partial charge < -0.3 is 9.71 Å². The molecule has 40 heavy (non-hydrogen) atoms. The SMILES string of the molecule is c1ccc2c(c1)-c1cccc3c1B1c4c(cccc4N3c3cccc4c3sc3ccccc34)-c3ccccc3N12. The molecule has 0 N–H and O–H groups in total. The van der Waals surface area contributed by atoms with E-state index in [0.717, 1.165) is 0 Å². The van der Waals surface area contributed by atoms with Gasteiger partial charge in [0.25, 0.3) is 0 Å². The molecular weight excluding hydrogens is 503 g/mol. The number of fused-ring (bicyclic) bond motifs is 9. The van der Waals surface area contributed by atoms with E-state index < -0.39 is 0 Å². The van der Waals surface area contributed by atoms with Gasteiger partial charge in [0.1, 0.15) is 0 Å². The van der Waals surface area contributed by atoms with Crippen molar-refractivity contribution in [2.75, 3.05) is 9.71 Å². The van der Waals surface area contributed by atoms with Crippen molar-refractivity contribution < 1.29 is 0 Å². The van der Waals surface area contributed by atoms with E-state index in [1.165, 1.54) is 81.8 Å². The highest BCUT2D eigenvalue weighted by Crippen LogP contribution is 2.52. The standard InChI is InChI=1S/C36H21BN2S/c1-4-16-28-22(10-1)25-13-7-18-30-34(25)37-35-26(23-11-2-5-17-29(23)39(28)37)14-8-19-31(35)38(30)32-20-9-15-27-24-12-3-6-21-33(24)40-36(27)32/h1-21H. The highest BCUT2D eigenvalue weighted by molar-refractivity contribution is 7.26. The van der Waals surface area contributed by atoms with Crippen LogP contribution in [0.5, 0.6) is 0 Å². The van der Waals surface area contributed by atoms with Crippen LogP contribution in [0.2, 0.25) is 0 Å². The van der Waals surface area contributed by atoms with E-state index in [-0.39, 0.29) is 6.85 Å². The topological polar surface area (TPSA) is 6.48 Å². The summed E-state index contributed by atoms with van der Waals surface area (Å²) in [6, 6.07) is 47.2. The Kier molecular flexibility index (Phi) is 3.92. The number of rotatable bonds is 1. The first-order valence-corrected chi connectivity index (χ1v) is 14.6. The molecule has 4 heteroatoms. The van der Waals surface area contributed by atoms with Crippen LogP contribution in [0.4, 0.5) is 28.4 Å². The minimum Gasteiger partial charge on any atom is -0.376 e. The Hall–Kier alpha value is -4.80. The van der Waals surface area contributed by atoms with Crippen LogP contribution in [0.3, 0.4) is 0 Å². The first-order chi connectivity index (χ1) is 19.9. The molecule has 2 nitrogen and oxygen atoms in total. The molecule has 0 fully saturated rings.